The van der Waals surface area contributed by atoms with E-state index in [1.54, 1.807) is 24.3 Å². The van der Waals surface area contributed by atoms with Gasteiger partial charge < -0.3 is 14.8 Å². The molecule has 1 amide bonds. The molecule has 0 spiro atoms. The highest BCUT2D eigenvalue weighted by Gasteiger charge is 2.20. The minimum absolute atomic E-state index is 0.0362. The van der Waals surface area contributed by atoms with E-state index in [1.165, 1.54) is 25.4 Å². The van der Waals surface area contributed by atoms with Crippen LogP contribution in [-0.4, -0.2) is 31.4 Å². The van der Waals surface area contributed by atoms with Crippen LogP contribution in [0, 0.1) is 0 Å². The Bertz CT molecular complexity index is 742. The highest BCUT2D eigenvalue weighted by molar-refractivity contribution is 7.10. The number of rotatable bonds is 8. The summed E-state index contributed by atoms with van der Waals surface area (Å²) in [5, 5.41) is 4.58. The van der Waals surface area contributed by atoms with E-state index in [0.29, 0.717) is 11.3 Å². The maximum atomic E-state index is 12.1. The van der Waals surface area contributed by atoms with Gasteiger partial charge in [-0.15, -0.1) is 11.3 Å². The summed E-state index contributed by atoms with van der Waals surface area (Å²) in [6, 6.07) is 9.84. The number of amides is 1. The fourth-order valence-electron chi connectivity index (χ4n) is 2.21. The second-order valence-corrected chi connectivity index (χ2v) is 6.27. The smallest absolute Gasteiger partial charge is 0.308 e. The molecule has 1 heterocycles. The Kier molecular flexibility index (Phi) is 6.71. The third-order valence-electron chi connectivity index (χ3n) is 3.39. The molecule has 1 aromatic carbocycles. The topological polar surface area (TPSA) is 81.7 Å². The number of Topliss-reactive ketones (excluding diaryl/α,β-unsaturated/α-hetero) is 1. The number of nitrogens with one attached hydrogen (secondary N) is 1. The second-order valence-electron chi connectivity index (χ2n) is 5.29. The van der Waals surface area contributed by atoms with Crippen LogP contribution in [0.3, 0.4) is 0 Å². The van der Waals surface area contributed by atoms with Gasteiger partial charge in [0.1, 0.15) is 5.75 Å². The number of benzene rings is 1. The Hall–Kier alpha value is -2.67. The number of methoxy groups -OCH3 is 1. The quantitative estimate of drug-likeness (QED) is 0.577. The molecule has 2 rings (SSSR count). The molecule has 0 aliphatic heterocycles. The predicted octanol–water partition coefficient (Wildman–Crippen LogP) is 2.75. The van der Waals surface area contributed by atoms with Gasteiger partial charge in [0.25, 0.3) is 0 Å². The summed E-state index contributed by atoms with van der Waals surface area (Å²) in [6.07, 6.45) is -0.0362. The summed E-state index contributed by atoms with van der Waals surface area (Å²) in [5.41, 5.74) is 0.406. The first-order chi connectivity index (χ1) is 12.0. The summed E-state index contributed by atoms with van der Waals surface area (Å²) in [6.45, 7) is 1.03. The molecule has 0 radical (unpaired) electrons. The number of carbonyl (C=O) groups is 3. The Labute approximate surface area is 149 Å². The van der Waals surface area contributed by atoms with Crippen LogP contribution in [0.5, 0.6) is 5.75 Å². The average molecular weight is 361 g/mol. The highest BCUT2D eigenvalue weighted by Crippen LogP contribution is 2.22. The van der Waals surface area contributed by atoms with Crippen LogP contribution in [0.4, 0.5) is 0 Å². The van der Waals surface area contributed by atoms with Crippen molar-refractivity contribution in [3.63, 3.8) is 0 Å². The third kappa shape index (κ3) is 5.72. The minimum atomic E-state index is -0.552. The largest absolute Gasteiger partial charge is 0.497 e. The van der Waals surface area contributed by atoms with E-state index in [2.05, 4.69) is 5.32 Å². The number of thiophene rings is 1. The highest BCUT2D eigenvalue weighted by atomic mass is 32.1. The molecule has 6 nitrogen and oxygen atoms in total. The van der Waals surface area contributed by atoms with E-state index in [4.69, 9.17) is 9.47 Å². The van der Waals surface area contributed by atoms with E-state index in [-0.39, 0.29) is 24.7 Å². The standard InChI is InChI=1S/C18H19NO5S/c1-12(20)19-15(17-7-4-8-25-17)10-18(22)24-11-16(21)13-5-3-6-14(9-13)23-2/h3-9,15H,10-11H2,1-2H3,(H,19,20). The number of hydrogen-bond acceptors (Lipinski definition) is 6. The van der Waals surface area contributed by atoms with Gasteiger partial charge in [-0.2, -0.15) is 0 Å². The van der Waals surface area contributed by atoms with Crippen molar-refractivity contribution in [2.24, 2.45) is 0 Å². The summed E-state index contributed by atoms with van der Waals surface area (Å²) in [7, 11) is 1.51. The Morgan fingerprint density at radius 2 is 2.00 bits per heavy atom. The normalized spacial score (nSPS) is 11.4. The van der Waals surface area contributed by atoms with Crippen molar-refractivity contribution in [2.75, 3.05) is 13.7 Å². The number of hydrogen-bond donors (Lipinski definition) is 1. The molecule has 1 unspecified atom stereocenters. The Balaban J connectivity index is 1.92. The summed E-state index contributed by atoms with van der Waals surface area (Å²) < 4.78 is 10.1. The Morgan fingerprint density at radius 3 is 2.64 bits per heavy atom. The summed E-state index contributed by atoms with van der Waals surface area (Å²) in [5.74, 6) is -0.554. The molecule has 0 aliphatic rings. The molecule has 2 aromatic rings. The van der Waals surface area contributed by atoms with Crippen LogP contribution in [0.15, 0.2) is 41.8 Å². The number of ether oxygens (including phenoxy) is 2. The lowest BCUT2D eigenvalue weighted by molar-refractivity contribution is -0.143. The lowest BCUT2D eigenvalue weighted by Gasteiger charge is -2.15. The summed E-state index contributed by atoms with van der Waals surface area (Å²) >= 11 is 1.44. The van der Waals surface area contributed by atoms with E-state index >= 15 is 0 Å². The number of ketones is 1. The van der Waals surface area contributed by atoms with E-state index in [9.17, 15) is 14.4 Å². The van der Waals surface area contributed by atoms with E-state index < -0.39 is 12.0 Å². The molecule has 7 heteroatoms. The maximum absolute atomic E-state index is 12.1. The second kappa shape index (κ2) is 8.98. The molecule has 0 saturated heterocycles. The van der Waals surface area contributed by atoms with Crippen molar-refractivity contribution in [2.45, 2.75) is 19.4 Å². The van der Waals surface area contributed by atoms with Gasteiger partial charge in [-0.25, -0.2) is 0 Å². The third-order valence-corrected chi connectivity index (χ3v) is 4.38. The lowest BCUT2D eigenvalue weighted by Crippen LogP contribution is -2.28. The van der Waals surface area contributed by atoms with E-state index in [1.807, 2.05) is 17.5 Å². The SMILES string of the molecule is COc1cccc(C(=O)COC(=O)CC(NC(C)=O)c2cccs2)c1. The molecule has 1 aromatic heterocycles. The van der Waals surface area contributed by atoms with Crippen LogP contribution in [0.25, 0.3) is 0 Å². The lowest BCUT2D eigenvalue weighted by atomic mass is 10.1. The van der Waals surface area contributed by atoms with Crippen molar-refractivity contribution in [3.8, 4) is 5.75 Å². The zero-order valence-electron chi connectivity index (χ0n) is 14.0. The van der Waals surface area contributed by atoms with Gasteiger partial charge in [0.2, 0.25) is 5.91 Å². The first-order valence-corrected chi connectivity index (χ1v) is 8.51. The monoisotopic (exact) mass is 361 g/mol. The van der Waals surface area contributed by atoms with Gasteiger partial charge in [-0.3, -0.25) is 14.4 Å². The zero-order chi connectivity index (χ0) is 18.2. The number of esters is 1. The molecular weight excluding hydrogens is 342 g/mol. The average Bonchev–Trinajstić information content (AvgIpc) is 3.13. The van der Waals surface area contributed by atoms with Crippen LogP contribution in [-0.2, 0) is 14.3 Å². The van der Waals surface area contributed by atoms with Gasteiger partial charge in [-0.05, 0) is 23.6 Å². The Morgan fingerprint density at radius 1 is 1.20 bits per heavy atom. The van der Waals surface area contributed by atoms with Crippen LogP contribution < -0.4 is 10.1 Å². The van der Waals surface area contributed by atoms with Gasteiger partial charge >= 0.3 is 5.97 Å². The van der Waals surface area contributed by atoms with Crippen LogP contribution >= 0.6 is 11.3 Å². The molecule has 132 valence electrons. The molecule has 1 atom stereocenters. The summed E-state index contributed by atoms with van der Waals surface area (Å²) in [4.78, 5) is 36.3. The van der Waals surface area contributed by atoms with Crippen molar-refractivity contribution in [1.29, 1.82) is 0 Å². The van der Waals surface area contributed by atoms with E-state index in [0.717, 1.165) is 4.88 Å². The minimum Gasteiger partial charge on any atom is -0.497 e. The molecule has 0 bridgehead atoms. The molecule has 25 heavy (non-hydrogen) atoms. The number of carbonyl (C=O) groups excluding carboxylic acids is 3. The molecular formula is C18H19NO5S. The first-order valence-electron chi connectivity index (χ1n) is 7.63. The van der Waals surface area contributed by atoms with Crippen molar-refractivity contribution < 1.29 is 23.9 Å². The molecule has 0 fully saturated rings. The first kappa shape index (κ1) is 18.7. The van der Waals surface area contributed by atoms with Crippen molar-refractivity contribution >= 4 is 29.0 Å². The fraction of sp³-hybridized carbons (Fsp3) is 0.278. The van der Waals surface area contributed by atoms with Crippen LogP contribution in [0.2, 0.25) is 0 Å². The molecule has 0 saturated carbocycles. The molecule has 0 aliphatic carbocycles. The zero-order valence-corrected chi connectivity index (χ0v) is 14.8. The van der Waals surface area contributed by atoms with Crippen molar-refractivity contribution in [1.82, 2.24) is 5.32 Å². The van der Waals surface area contributed by atoms with Gasteiger partial charge in [0.15, 0.2) is 12.4 Å². The van der Waals surface area contributed by atoms with Crippen molar-refractivity contribution in [3.05, 3.63) is 52.2 Å². The predicted molar refractivity (Wildman–Crippen MR) is 93.8 cm³/mol. The van der Waals surface area contributed by atoms with Gasteiger partial charge in [0.05, 0.1) is 19.6 Å². The fourth-order valence-corrected chi connectivity index (χ4v) is 2.99. The molecule has 1 N–H and O–H groups in total. The van der Waals surface area contributed by atoms with Crippen LogP contribution in [0.1, 0.15) is 34.6 Å². The van der Waals surface area contributed by atoms with Gasteiger partial charge in [-0.1, -0.05) is 18.2 Å². The maximum Gasteiger partial charge on any atom is 0.308 e. The van der Waals surface area contributed by atoms with Gasteiger partial charge in [0, 0.05) is 17.4 Å².